The fraction of sp³-hybridized carbons (Fsp3) is 0.342. The van der Waals surface area contributed by atoms with Crippen molar-refractivity contribution < 1.29 is 0 Å². The lowest BCUT2D eigenvalue weighted by atomic mass is 9.61. The zero-order valence-corrected chi connectivity index (χ0v) is 46.3. The molecule has 0 fully saturated rings. The normalized spacial score (nSPS) is 19.8. The van der Waals surface area contributed by atoms with Gasteiger partial charge in [-0.1, -0.05) is 217 Å². The van der Waals surface area contributed by atoms with E-state index in [0.29, 0.717) is 0 Å². The minimum atomic E-state index is -0.496. The maximum atomic E-state index is 2.73. The maximum Gasteiger partial charge on any atom is 0.0726 e. The van der Waals surface area contributed by atoms with E-state index in [2.05, 4.69) is 252 Å². The Kier molecular flexibility index (Phi) is 10.1. The van der Waals surface area contributed by atoms with Gasteiger partial charge in [0.1, 0.15) is 0 Å². The lowest BCUT2D eigenvalue weighted by Crippen LogP contribution is -2.35. The molecule has 1 spiro atoms. The van der Waals surface area contributed by atoms with Gasteiger partial charge in [0.25, 0.3) is 0 Å². The van der Waals surface area contributed by atoms with Gasteiger partial charge in [0.05, 0.1) is 16.8 Å². The average molecular weight is 966 g/mol. The summed E-state index contributed by atoms with van der Waals surface area (Å²) in [6, 6.07) is 64.8. The van der Waals surface area contributed by atoms with Crippen LogP contribution < -0.4 is 4.90 Å². The maximum absolute atomic E-state index is 2.73. The monoisotopic (exact) mass is 966 g/mol. The molecular weight excluding hydrogens is 891 g/mol. The van der Waals surface area contributed by atoms with Gasteiger partial charge in [-0.25, -0.2) is 0 Å². The smallest absolute Gasteiger partial charge is 0.0726 e. The number of benzene rings is 8. The summed E-state index contributed by atoms with van der Waals surface area (Å²) < 4.78 is 0. The van der Waals surface area contributed by atoms with Crippen molar-refractivity contribution in [3.8, 4) is 44.5 Å². The number of nitrogens with zero attached hydrogens (tertiary/aromatic N) is 1. The molecule has 74 heavy (non-hydrogen) atoms. The first-order chi connectivity index (χ1) is 35.2. The molecule has 1 nitrogen and oxygen atoms in total. The standard InChI is InChI=1S/C73H75N/c1-67(2)38-41-70(7,8)64-48(25-19-30-58(64)67)46-34-36-47(37-35-46)74(62-33-21-32-60-66(62)72(11,12)43-40-69(60,5)6)63-45-61-53(44-54(63)52-26-20-31-59-65(52)71(9,10)42-39-68(59,3)4)51-24-15-18-29-57(51)73(61)55-27-16-13-22-49(55)50-23-14-17-28-56(50)73/h13-37,44-45H,38-43H2,1-12H3. The molecule has 5 aliphatic rings. The molecule has 13 rings (SSSR count). The van der Waals surface area contributed by atoms with Crippen LogP contribution in [0.3, 0.4) is 0 Å². The van der Waals surface area contributed by atoms with Crippen molar-refractivity contribution in [2.45, 2.75) is 160 Å². The molecule has 0 aliphatic heterocycles. The van der Waals surface area contributed by atoms with Gasteiger partial charge in [0.15, 0.2) is 0 Å². The van der Waals surface area contributed by atoms with Crippen LogP contribution in [0.2, 0.25) is 0 Å². The highest BCUT2D eigenvalue weighted by atomic mass is 15.1. The fourth-order valence-electron chi connectivity index (χ4n) is 15.5. The second-order valence-corrected chi connectivity index (χ2v) is 27.1. The summed E-state index contributed by atoms with van der Waals surface area (Å²) >= 11 is 0. The topological polar surface area (TPSA) is 3.24 Å². The second-order valence-electron chi connectivity index (χ2n) is 27.1. The summed E-state index contributed by atoms with van der Waals surface area (Å²) in [5.41, 5.74) is 28.5. The third-order valence-electron chi connectivity index (χ3n) is 19.8. The van der Waals surface area contributed by atoms with Crippen LogP contribution in [0.4, 0.5) is 17.1 Å². The minimum absolute atomic E-state index is 0.0260. The summed E-state index contributed by atoms with van der Waals surface area (Å²) in [4.78, 5) is 2.73. The Labute approximate surface area is 443 Å². The SMILES string of the molecule is CC1(C)CCC(C)(C)c2c(-c3ccc(N(c4cc5c(cc4-c4cccc6c4C(C)(C)CCC6(C)C)-c4ccccc4C54c5ccccc5-c5ccccc54)c4cccc5c4C(C)(C)CCC5(C)C)cc3)cccc21. The molecule has 372 valence electrons. The predicted octanol–water partition coefficient (Wildman–Crippen LogP) is 19.9. The van der Waals surface area contributed by atoms with Crippen molar-refractivity contribution in [3.63, 3.8) is 0 Å². The van der Waals surface area contributed by atoms with Gasteiger partial charge in [-0.05, 0) is 196 Å². The Morgan fingerprint density at radius 3 is 1.16 bits per heavy atom. The molecule has 0 radical (unpaired) electrons. The molecule has 1 heteroatoms. The van der Waals surface area contributed by atoms with Gasteiger partial charge < -0.3 is 4.90 Å². The Bertz CT molecular complexity index is 3580. The molecule has 8 aromatic rings. The second kappa shape index (κ2) is 15.8. The van der Waals surface area contributed by atoms with Crippen LogP contribution in [0.1, 0.15) is 177 Å². The van der Waals surface area contributed by atoms with Gasteiger partial charge in [-0.2, -0.15) is 0 Å². The fourth-order valence-corrected chi connectivity index (χ4v) is 15.5. The summed E-state index contributed by atoms with van der Waals surface area (Å²) in [6.45, 7) is 29.8. The molecule has 0 saturated carbocycles. The number of rotatable bonds is 5. The first-order valence-corrected chi connectivity index (χ1v) is 28.0. The number of fused-ring (bicyclic) bond motifs is 13. The first kappa shape index (κ1) is 47.3. The van der Waals surface area contributed by atoms with Crippen LogP contribution in [0.25, 0.3) is 44.5 Å². The van der Waals surface area contributed by atoms with Crippen molar-refractivity contribution in [1.29, 1.82) is 0 Å². The van der Waals surface area contributed by atoms with Crippen molar-refractivity contribution in [2.24, 2.45) is 0 Å². The van der Waals surface area contributed by atoms with Crippen molar-refractivity contribution >= 4 is 17.1 Å². The molecule has 0 atom stereocenters. The van der Waals surface area contributed by atoms with E-state index in [4.69, 9.17) is 0 Å². The summed E-state index contributed by atoms with van der Waals surface area (Å²) in [7, 11) is 0. The van der Waals surface area contributed by atoms with Crippen LogP contribution in [0, 0.1) is 0 Å². The lowest BCUT2D eigenvalue weighted by molar-refractivity contribution is 0.332. The Morgan fingerprint density at radius 1 is 0.270 bits per heavy atom. The molecule has 0 N–H and O–H groups in total. The Balaban J connectivity index is 1.16. The van der Waals surface area contributed by atoms with E-state index in [-0.39, 0.29) is 32.5 Å². The molecular formula is C73H75N. The van der Waals surface area contributed by atoms with Crippen molar-refractivity contribution in [2.75, 3.05) is 4.90 Å². The third kappa shape index (κ3) is 6.59. The number of hydrogen-bond donors (Lipinski definition) is 0. The van der Waals surface area contributed by atoms with Crippen molar-refractivity contribution in [1.82, 2.24) is 0 Å². The minimum Gasteiger partial charge on any atom is -0.310 e. The highest BCUT2D eigenvalue weighted by Crippen LogP contribution is 2.65. The van der Waals surface area contributed by atoms with E-state index in [1.165, 1.54) is 136 Å². The summed E-state index contributed by atoms with van der Waals surface area (Å²) in [5.74, 6) is 0. The molecule has 8 aromatic carbocycles. The molecule has 0 amide bonds. The zero-order chi connectivity index (χ0) is 51.5. The van der Waals surface area contributed by atoms with Gasteiger partial charge >= 0.3 is 0 Å². The van der Waals surface area contributed by atoms with E-state index in [0.717, 1.165) is 19.3 Å². The quantitative estimate of drug-likeness (QED) is 0.166. The summed E-state index contributed by atoms with van der Waals surface area (Å²) in [5, 5.41) is 0. The molecule has 0 unspecified atom stereocenters. The van der Waals surface area contributed by atoms with Gasteiger partial charge in [-0.15, -0.1) is 0 Å². The van der Waals surface area contributed by atoms with Crippen LogP contribution in [0.15, 0.2) is 164 Å². The first-order valence-electron chi connectivity index (χ1n) is 28.0. The van der Waals surface area contributed by atoms with E-state index >= 15 is 0 Å². The Morgan fingerprint density at radius 2 is 0.649 bits per heavy atom. The van der Waals surface area contributed by atoms with Gasteiger partial charge in [-0.3, -0.25) is 0 Å². The lowest BCUT2D eigenvalue weighted by Gasteiger charge is -2.45. The third-order valence-corrected chi connectivity index (χ3v) is 19.8. The van der Waals surface area contributed by atoms with Crippen LogP contribution >= 0.6 is 0 Å². The highest BCUT2D eigenvalue weighted by Gasteiger charge is 2.53. The Hall–Kier alpha value is -6.44. The molecule has 0 heterocycles. The van der Waals surface area contributed by atoms with Crippen LogP contribution in [0.5, 0.6) is 0 Å². The molecule has 0 bridgehead atoms. The number of hydrogen-bond acceptors (Lipinski definition) is 1. The largest absolute Gasteiger partial charge is 0.310 e. The van der Waals surface area contributed by atoms with E-state index in [1.807, 2.05) is 0 Å². The van der Waals surface area contributed by atoms with Gasteiger partial charge in [0.2, 0.25) is 0 Å². The van der Waals surface area contributed by atoms with Gasteiger partial charge in [0, 0.05) is 11.3 Å². The molecule has 0 saturated heterocycles. The molecule has 0 aromatic heterocycles. The van der Waals surface area contributed by atoms with E-state index in [1.54, 1.807) is 0 Å². The van der Waals surface area contributed by atoms with Crippen LogP contribution in [-0.4, -0.2) is 0 Å². The summed E-state index contributed by atoms with van der Waals surface area (Å²) in [6.07, 6.45) is 6.97. The van der Waals surface area contributed by atoms with E-state index < -0.39 is 5.41 Å². The molecule has 5 aliphatic carbocycles. The number of anilines is 3. The zero-order valence-electron chi connectivity index (χ0n) is 46.3. The highest BCUT2D eigenvalue weighted by molar-refractivity contribution is 6.01. The van der Waals surface area contributed by atoms with E-state index in [9.17, 15) is 0 Å². The van der Waals surface area contributed by atoms with Crippen LogP contribution in [-0.2, 0) is 37.9 Å². The average Bonchev–Trinajstić information content (AvgIpc) is 3.90. The predicted molar refractivity (Wildman–Crippen MR) is 314 cm³/mol. The van der Waals surface area contributed by atoms with Crippen molar-refractivity contribution in [3.05, 3.63) is 219 Å².